The first-order valence-corrected chi connectivity index (χ1v) is 11.0. The van der Waals surface area contributed by atoms with E-state index in [9.17, 15) is 4.79 Å². The van der Waals surface area contributed by atoms with Crippen LogP contribution in [0, 0.1) is 0 Å². The summed E-state index contributed by atoms with van der Waals surface area (Å²) in [5.74, 6) is 1.12. The van der Waals surface area contributed by atoms with Gasteiger partial charge in [-0.25, -0.2) is 4.98 Å². The van der Waals surface area contributed by atoms with Gasteiger partial charge < -0.3 is 14.4 Å². The third-order valence-corrected chi connectivity index (χ3v) is 6.02. The molecule has 0 atom stereocenters. The van der Waals surface area contributed by atoms with E-state index in [-0.39, 0.29) is 5.91 Å². The van der Waals surface area contributed by atoms with E-state index in [1.807, 2.05) is 50.5 Å². The molecule has 6 nitrogen and oxygen atoms in total. The number of amides is 1. The van der Waals surface area contributed by atoms with E-state index in [4.69, 9.17) is 21.1 Å². The molecule has 0 spiro atoms. The number of methoxy groups -OCH3 is 2. The van der Waals surface area contributed by atoms with E-state index in [0.717, 1.165) is 28.7 Å². The monoisotopic (exact) mass is 459 g/mol. The first-order valence-electron chi connectivity index (χ1n) is 9.84. The van der Waals surface area contributed by atoms with Gasteiger partial charge in [-0.3, -0.25) is 9.69 Å². The van der Waals surface area contributed by atoms with Crippen molar-refractivity contribution in [3.05, 3.63) is 53.1 Å². The Hall–Kier alpha value is -2.61. The van der Waals surface area contributed by atoms with Crippen molar-refractivity contribution in [1.82, 2.24) is 9.88 Å². The van der Waals surface area contributed by atoms with Crippen LogP contribution in [0.25, 0.3) is 16.3 Å². The van der Waals surface area contributed by atoms with Crippen LogP contribution in [-0.4, -0.2) is 57.2 Å². The number of halogens is 1. The van der Waals surface area contributed by atoms with Crippen LogP contribution >= 0.6 is 22.9 Å². The van der Waals surface area contributed by atoms with E-state index in [1.165, 1.54) is 11.3 Å². The molecule has 164 valence electrons. The van der Waals surface area contributed by atoms with E-state index in [2.05, 4.69) is 9.88 Å². The van der Waals surface area contributed by atoms with Crippen LogP contribution in [-0.2, 0) is 4.79 Å². The summed E-state index contributed by atoms with van der Waals surface area (Å²) in [7, 11) is 7.20. The van der Waals surface area contributed by atoms with Crippen molar-refractivity contribution >= 4 is 50.3 Å². The van der Waals surface area contributed by atoms with Gasteiger partial charge in [0.1, 0.15) is 5.52 Å². The van der Waals surface area contributed by atoms with Crippen molar-refractivity contribution in [2.45, 2.75) is 6.42 Å². The molecule has 1 aromatic heterocycles. The number of hydrogen-bond acceptors (Lipinski definition) is 6. The minimum absolute atomic E-state index is 0.135. The SMILES string of the molecule is COc1ccc(/C=C/C(=O)N(CCCN(C)C)c2nc3c(Cl)cccc3s2)cc1OC. The molecular weight excluding hydrogens is 434 g/mol. The minimum atomic E-state index is -0.135. The third-order valence-electron chi connectivity index (χ3n) is 4.67. The van der Waals surface area contributed by atoms with Gasteiger partial charge in [0.05, 0.1) is 23.9 Å². The second-order valence-corrected chi connectivity index (χ2v) is 8.59. The fraction of sp³-hybridized carbons (Fsp3) is 0.304. The predicted octanol–water partition coefficient (Wildman–Crippen LogP) is 4.97. The molecule has 0 bridgehead atoms. The number of thiazole rings is 1. The Bertz CT molecular complexity index is 1080. The molecule has 0 unspecified atom stereocenters. The van der Waals surface area contributed by atoms with Gasteiger partial charge in [0.2, 0.25) is 0 Å². The van der Waals surface area contributed by atoms with E-state index in [0.29, 0.717) is 28.2 Å². The van der Waals surface area contributed by atoms with Crippen molar-refractivity contribution in [2.24, 2.45) is 0 Å². The van der Waals surface area contributed by atoms with E-state index >= 15 is 0 Å². The Morgan fingerprint density at radius 3 is 2.58 bits per heavy atom. The zero-order chi connectivity index (χ0) is 22.4. The highest BCUT2D eigenvalue weighted by Crippen LogP contribution is 2.33. The van der Waals surface area contributed by atoms with Crippen LogP contribution in [0.15, 0.2) is 42.5 Å². The lowest BCUT2D eigenvalue weighted by Crippen LogP contribution is -2.32. The smallest absolute Gasteiger partial charge is 0.252 e. The van der Waals surface area contributed by atoms with Gasteiger partial charge in [-0.2, -0.15) is 0 Å². The number of rotatable bonds is 9. The number of aromatic nitrogens is 1. The van der Waals surface area contributed by atoms with E-state index < -0.39 is 0 Å². The summed E-state index contributed by atoms with van der Waals surface area (Å²) in [6.45, 7) is 1.43. The molecule has 0 saturated heterocycles. The largest absolute Gasteiger partial charge is 0.493 e. The van der Waals surface area contributed by atoms with Crippen LogP contribution in [0.5, 0.6) is 11.5 Å². The number of nitrogens with zero attached hydrogens (tertiary/aromatic N) is 3. The Morgan fingerprint density at radius 2 is 1.90 bits per heavy atom. The molecule has 31 heavy (non-hydrogen) atoms. The third kappa shape index (κ3) is 5.76. The van der Waals surface area contributed by atoms with Gasteiger partial charge in [-0.15, -0.1) is 0 Å². The van der Waals surface area contributed by atoms with Crippen molar-refractivity contribution in [2.75, 3.05) is 46.3 Å². The Morgan fingerprint density at radius 1 is 1.13 bits per heavy atom. The van der Waals surface area contributed by atoms with Gasteiger partial charge in [-0.1, -0.05) is 35.1 Å². The zero-order valence-corrected chi connectivity index (χ0v) is 19.7. The van der Waals surface area contributed by atoms with Crippen molar-refractivity contribution in [1.29, 1.82) is 0 Å². The van der Waals surface area contributed by atoms with Gasteiger partial charge in [0, 0.05) is 12.6 Å². The molecule has 0 aliphatic rings. The quantitative estimate of drug-likeness (QED) is 0.423. The summed E-state index contributed by atoms with van der Waals surface area (Å²) in [6, 6.07) is 11.2. The molecule has 0 saturated carbocycles. The summed E-state index contributed by atoms with van der Waals surface area (Å²) in [5.41, 5.74) is 1.56. The highest BCUT2D eigenvalue weighted by Gasteiger charge is 2.18. The number of carbonyl (C=O) groups is 1. The number of benzene rings is 2. The highest BCUT2D eigenvalue weighted by atomic mass is 35.5. The fourth-order valence-electron chi connectivity index (χ4n) is 3.08. The molecule has 2 aromatic carbocycles. The number of ether oxygens (including phenoxy) is 2. The standard InChI is InChI=1S/C23H26ClN3O3S/c1-26(2)13-6-14-27(23-25-22-17(24)7-5-8-20(22)31-23)21(28)12-10-16-9-11-18(29-3)19(15-16)30-4/h5,7-12,15H,6,13-14H2,1-4H3/b12-10+. The first kappa shape index (κ1) is 23.1. The molecule has 0 fully saturated rings. The maximum atomic E-state index is 13.1. The Kier molecular flexibility index (Phi) is 7.90. The molecule has 1 amide bonds. The molecule has 1 heterocycles. The molecule has 0 radical (unpaired) electrons. The van der Waals surface area contributed by atoms with Crippen LogP contribution < -0.4 is 14.4 Å². The van der Waals surface area contributed by atoms with Crippen molar-refractivity contribution in [3.8, 4) is 11.5 Å². The molecule has 0 N–H and O–H groups in total. The van der Waals surface area contributed by atoms with Crippen LogP contribution in [0.2, 0.25) is 5.02 Å². The minimum Gasteiger partial charge on any atom is -0.493 e. The maximum absolute atomic E-state index is 13.1. The highest BCUT2D eigenvalue weighted by molar-refractivity contribution is 7.22. The summed E-state index contributed by atoms with van der Waals surface area (Å²) in [5, 5.41) is 1.23. The lowest BCUT2D eigenvalue weighted by atomic mass is 10.2. The number of carbonyl (C=O) groups excluding carboxylic acids is 1. The number of fused-ring (bicyclic) bond motifs is 1. The van der Waals surface area contributed by atoms with E-state index in [1.54, 1.807) is 31.3 Å². The van der Waals surface area contributed by atoms with Crippen LogP contribution in [0.4, 0.5) is 5.13 Å². The fourth-order valence-corrected chi connectivity index (χ4v) is 4.37. The van der Waals surface area contributed by atoms with Gasteiger partial charge in [-0.05, 0) is 63.0 Å². The predicted molar refractivity (Wildman–Crippen MR) is 129 cm³/mol. The average Bonchev–Trinajstić information content (AvgIpc) is 3.20. The zero-order valence-electron chi connectivity index (χ0n) is 18.1. The molecule has 0 aliphatic carbocycles. The summed E-state index contributed by atoms with van der Waals surface area (Å²) in [6.07, 6.45) is 4.15. The Labute approximate surface area is 191 Å². The van der Waals surface area contributed by atoms with Gasteiger partial charge >= 0.3 is 0 Å². The molecule has 3 rings (SSSR count). The second kappa shape index (κ2) is 10.6. The Balaban J connectivity index is 1.86. The van der Waals surface area contributed by atoms with Crippen LogP contribution in [0.3, 0.4) is 0 Å². The van der Waals surface area contributed by atoms with Crippen molar-refractivity contribution < 1.29 is 14.3 Å². The summed E-state index contributed by atoms with van der Waals surface area (Å²) < 4.78 is 11.6. The van der Waals surface area contributed by atoms with Crippen LogP contribution in [0.1, 0.15) is 12.0 Å². The number of hydrogen-bond donors (Lipinski definition) is 0. The van der Waals surface area contributed by atoms with Crippen molar-refractivity contribution in [3.63, 3.8) is 0 Å². The number of anilines is 1. The van der Waals surface area contributed by atoms with Gasteiger partial charge in [0.15, 0.2) is 16.6 Å². The average molecular weight is 460 g/mol. The van der Waals surface area contributed by atoms with Gasteiger partial charge in [0.25, 0.3) is 5.91 Å². The molecular formula is C23H26ClN3O3S. The topological polar surface area (TPSA) is 54.9 Å². The molecule has 0 aliphatic heterocycles. The summed E-state index contributed by atoms with van der Waals surface area (Å²) in [4.78, 5) is 21.6. The lowest BCUT2D eigenvalue weighted by Gasteiger charge is -2.19. The first-order chi connectivity index (χ1) is 14.9. The molecule has 8 heteroatoms. The second-order valence-electron chi connectivity index (χ2n) is 7.18. The maximum Gasteiger partial charge on any atom is 0.252 e. The molecule has 3 aromatic rings. The normalized spacial score (nSPS) is 11.4. The number of para-hydroxylation sites is 1. The lowest BCUT2D eigenvalue weighted by molar-refractivity contribution is -0.114. The summed E-state index contributed by atoms with van der Waals surface area (Å²) >= 11 is 7.76.